The molecule has 0 unspecified atom stereocenters. The van der Waals surface area contributed by atoms with Gasteiger partial charge in [0.15, 0.2) is 5.04 Å². The Morgan fingerprint density at radius 3 is 3.00 bits per heavy atom. The Morgan fingerprint density at radius 1 is 2.00 bits per heavy atom. The first-order valence-corrected chi connectivity index (χ1v) is 3.11. The molecule has 0 fully saturated rings. The molecule has 3 nitrogen and oxygen atoms in total. The maximum atomic E-state index is 10.3. The quantitative estimate of drug-likeness (QED) is 0.532. The fourth-order valence-corrected chi connectivity index (χ4v) is 1.01. The molecule has 0 aromatic heterocycles. The van der Waals surface area contributed by atoms with Gasteiger partial charge in [-0.2, -0.15) is 0 Å². The summed E-state index contributed by atoms with van der Waals surface area (Å²) in [4.78, 5) is 14.0. The zero-order chi connectivity index (χ0) is 5.98. The van der Waals surface area contributed by atoms with Crippen LogP contribution in [0.25, 0.3) is 0 Å². The third kappa shape index (κ3) is 1.01. The van der Waals surface area contributed by atoms with Gasteiger partial charge in [0.1, 0.15) is 0 Å². The van der Waals surface area contributed by atoms with Crippen LogP contribution < -0.4 is 5.73 Å². The van der Waals surface area contributed by atoms with Crippen LogP contribution in [0.15, 0.2) is 4.99 Å². The highest BCUT2D eigenvalue weighted by atomic mass is 32.2. The van der Waals surface area contributed by atoms with Crippen molar-refractivity contribution in [2.75, 3.05) is 5.75 Å². The normalized spacial score (nSPS) is 18.2. The Bertz CT molecular complexity index is 143. The molecular weight excluding hydrogens is 124 g/mol. The van der Waals surface area contributed by atoms with Crippen LogP contribution in [0.1, 0.15) is 0 Å². The average Bonchev–Trinajstić information content (AvgIpc) is 2.12. The number of carbonyl (C=O) groups excluding carboxylic acids is 1. The fraction of sp³-hybridized carbons (Fsp3) is 0.250. The largest absolute Gasteiger partial charge is 0.364 e. The number of hydrogen-bond donors (Lipinski definition) is 1. The van der Waals surface area contributed by atoms with Crippen molar-refractivity contribution in [3.8, 4) is 0 Å². The van der Waals surface area contributed by atoms with Crippen molar-refractivity contribution in [2.24, 2.45) is 10.7 Å². The van der Waals surface area contributed by atoms with Crippen LogP contribution in [0.4, 0.5) is 0 Å². The van der Waals surface area contributed by atoms with E-state index in [9.17, 15) is 4.79 Å². The maximum Gasteiger partial charge on any atom is 0.273 e. The van der Waals surface area contributed by atoms with Crippen molar-refractivity contribution in [1.82, 2.24) is 0 Å². The highest BCUT2D eigenvalue weighted by Crippen LogP contribution is 2.13. The molecular formula is C4H5N2OS. The van der Waals surface area contributed by atoms with E-state index in [4.69, 9.17) is 5.73 Å². The van der Waals surface area contributed by atoms with Crippen molar-refractivity contribution in [3.63, 3.8) is 0 Å². The number of primary amides is 1. The van der Waals surface area contributed by atoms with Gasteiger partial charge < -0.3 is 5.73 Å². The van der Waals surface area contributed by atoms with Crippen LogP contribution in [-0.2, 0) is 4.79 Å². The standard InChI is InChI=1S/C4H5N2OS/c5-3(7)4-6-1-2-8-4/h1H,2H2,(H2,5,7). The number of thioether (sulfide) groups is 1. The second-order valence-electron chi connectivity index (χ2n) is 1.29. The Hall–Kier alpha value is -0.510. The number of hydrogen-bond acceptors (Lipinski definition) is 3. The van der Waals surface area contributed by atoms with Crippen LogP contribution >= 0.6 is 11.8 Å². The van der Waals surface area contributed by atoms with Gasteiger partial charge in [-0.05, 0) is 0 Å². The second kappa shape index (κ2) is 2.17. The number of nitrogens with two attached hydrogens (primary N) is 1. The van der Waals surface area contributed by atoms with Crippen molar-refractivity contribution in [1.29, 1.82) is 0 Å². The summed E-state index contributed by atoms with van der Waals surface area (Å²) in [5.74, 6) is 0.349. The van der Waals surface area contributed by atoms with Gasteiger partial charge in [-0.1, -0.05) is 11.8 Å². The molecule has 0 spiro atoms. The van der Waals surface area contributed by atoms with E-state index >= 15 is 0 Å². The van der Waals surface area contributed by atoms with Crippen molar-refractivity contribution in [3.05, 3.63) is 6.54 Å². The molecule has 0 saturated carbocycles. The highest BCUT2D eigenvalue weighted by molar-refractivity contribution is 8.16. The molecule has 0 aromatic rings. The lowest BCUT2D eigenvalue weighted by Gasteiger charge is -1.85. The smallest absolute Gasteiger partial charge is 0.273 e. The summed E-state index contributed by atoms with van der Waals surface area (Å²) in [5.41, 5.74) is 4.89. The molecule has 0 aliphatic carbocycles. The van der Waals surface area contributed by atoms with Crippen LogP contribution in [0.2, 0.25) is 0 Å². The van der Waals surface area contributed by atoms with E-state index in [1.807, 2.05) is 0 Å². The van der Waals surface area contributed by atoms with Crippen molar-refractivity contribution < 1.29 is 4.79 Å². The zero-order valence-electron chi connectivity index (χ0n) is 4.13. The number of rotatable bonds is 1. The molecule has 0 saturated heterocycles. The van der Waals surface area contributed by atoms with Gasteiger partial charge in [0, 0.05) is 5.75 Å². The van der Waals surface area contributed by atoms with E-state index in [0.717, 1.165) is 5.75 Å². The van der Waals surface area contributed by atoms with Crippen LogP contribution in [-0.4, -0.2) is 16.7 Å². The van der Waals surface area contributed by atoms with Crippen molar-refractivity contribution in [2.45, 2.75) is 0 Å². The molecule has 2 N–H and O–H groups in total. The Kier molecular flexibility index (Phi) is 1.53. The van der Waals surface area contributed by atoms with Gasteiger partial charge in [0.2, 0.25) is 0 Å². The van der Waals surface area contributed by atoms with E-state index in [-0.39, 0.29) is 0 Å². The number of aliphatic imine (C=N–C) groups is 1. The first-order valence-electron chi connectivity index (χ1n) is 2.13. The monoisotopic (exact) mass is 129 g/mol. The topological polar surface area (TPSA) is 55.5 Å². The second-order valence-corrected chi connectivity index (χ2v) is 2.30. The molecule has 1 rings (SSSR count). The third-order valence-electron chi connectivity index (χ3n) is 0.714. The summed E-state index contributed by atoms with van der Waals surface area (Å²) < 4.78 is 0. The lowest BCUT2D eigenvalue weighted by molar-refractivity contribution is -0.111. The predicted molar refractivity (Wildman–Crippen MR) is 33.4 cm³/mol. The van der Waals surface area contributed by atoms with Gasteiger partial charge >= 0.3 is 0 Å². The fourth-order valence-electron chi connectivity index (χ4n) is 0.408. The molecule has 1 radical (unpaired) electrons. The minimum atomic E-state index is -0.427. The Morgan fingerprint density at radius 2 is 2.75 bits per heavy atom. The Labute approximate surface area is 51.3 Å². The molecule has 4 heteroatoms. The number of amides is 1. The SMILES string of the molecule is NC(=O)C1=N[CH]CS1. The van der Waals surface area contributed by atoms with E-state index in [1.54, 1.807) is 6.54 Å². The number of carbonyl (C=O) groups is 1. The minimum absolute atomic E-state index is 0.421. The third-order valence-corrected chi connectivity index (χ3v) is 1.61. The molecule has 1 aliphatic heterocycles. The first kappa shape index (κ1) is 5.62. The minimum Gasteiger partial charge on any atom is -0.364 e. The molecule has 0 aromatic carbocycles. The lowest BCUT2D eigenvalue weighted by atomic mass is 10.7. The van der Waals surface area contributed by atoms with Gasteiger partial charge in [0.25, 0.3) is 5.91 Å². The van der Waals surface area contributed by atoms with Crippen LogP contribution in [0, 0.1) is 6.54 Å². The first-order chi connectivity index (χ1) is 3.80. The van der Waals surface area contributed by atoms with Crippen molar-refractivity contribution >= 4 is 22.7 Å². The molecule has 1 heterocycles. The molecule has 1 aliphatic rings. The van der Waals surface area contributed by atoms with E-state index in [0.29, 0.717) is 5.04 Å². The van der Waals surface area contributed by atoms with Gasteiger partial charge in [-0.25, -0.2) is 0 Å². The van der Waals surface area contributed by atoms with Crippen LogP contribution in [0.3, 0.4) is 0 Å². The predicted octanol–water partition coefficient (Wildman–Crippen LogP) is -0.221. The summed E-state index contributed by atoms with van der Waals surface area (Å²) in [6.07, 6.45) is 0. The zero-order valence-corrected chi connectivity index (χ0v) is 4.94. The summed E-state index contributed by atoms with van der Waals surface area (Å²) >= 11 is 1.37. The summed E-state index contributed by atoms with van der Waals surface area (Å²) in [6.45, 7) is 1.67. The molecule has 1 amide bonds. The maximum absolute atomic E-state index is 10.3. The van der Waals surface area contributed by atoms with Gasteiger partial charge in [0.05, 0.1) is 6.54 Å². The van der Waals surface area contributed by atoms with Crippen LogP contribution in [0.5, 0.6) is 0 Å². The molecule has 0 atom stereocenters. The molecule has 8 heavy (non-hydrogen) atoms. The highest BCUT2D eigenvalue weighted by Gasteiger charge is 2.11. The van der Waals surface area contributed by atoms with E-state index < -0.39 is 5.91 Å². The molecule has 43 valence electrons. The summed E-state index contributed by atoms with van der Waals surface area (Å²) in [7, 11) is 0. The van der Waals surface area contributed by atoms with E-state index in [1.165, 1.54) is 11.8 Å². The summed E-state index contributed by atoms with van der Waals surface area (Å²) in [6, 6.07) is 0. The summed E-state index contributed by atoms with van der Waals surface area (Å²) in [5, 5.41) is 0.421. The van der Waals surface area contributed by atoms with Gasteiger partial charge in [-0.3, -0.25) is 9.79 Å². The van der Waals surface area contributed by atoms with Gasteiger partial charge in [-0.15, -0.1) is 0 Å². The average molecular weight is 129 g/mol. The Balaban J connectivity index is 2.57. The van der Waals surface area contributed by atoms with E-state index in [2.05, 4.69) is 4.99 Å². The number of nitrogens with zero attached hydrogens (tertiary/aromatic N) is 1. The lowest BCUT2D eigenvalue weighted by Crippen LogP contribution is -2.18. The molecule has 0 bridgehead atoms.